The number of hydrogen-bond acceptors (Lipinski definition) is 4. The Hall–Kier alpha value is -1.73. The van der Waals surface area contributed by atoms with E-state index in [-0.39, 0.29) is 17.1 Å². The largest absolute Gasteiger partial charge is 0.435 e. The molecule has 1 aromatic carbocycles. The Bertz CT molecular complexity index is 539. The number of rotatable bonds is 8. The summed E-state index contributed by atoms with van der Waals surface area (Å²) in [5.41, 5.74) is 6.83. The predicted octanol–water partition coefficient (Wildman–Crippen LogP) is 1.62. The second-order valence-electron chi connectivity index (χ2n) is 6.60. The number of halogens is 2. The van der Waals surface area contributed by atoms with Gasteiger partial charge in [-0.2, -0.15) is 8.78 Å². The van der Waals surface area contributed by atoms with Crippen molar-refractivity contribution < 1.29 is 18.3 Å². The third kappa shape index (κ3) is 5.72. The molecular weight excluding hydrogens is 316 g/mol. The molecule has 7 heteroatoms. The van der Waals surface area contributed by atoms with Crippen LogP contribution in [0.25, 0.3) is 0 Å². The summed E-state index contributed by atoms with van der Waals surface area (Å²) in [7, 11) is 0. The number of likely N-dealkylation sites (tertiary alicyclic amines) is 1. The Morgan fingerprint density at radius 3 is 2.71 bits per heavy atom. The minimum Gasteiger partial charge on any atom is -0.435 e. The van der Waals surface area contributed by atoms with Gasteiger partial charge in [0.05, 0.1) is 6.54 Å². The van der Waals surface area contributed by atoms with Crippen molar-refractivity contribution >= 4 is 5.91 Å². The SMILES string of the molecule is CC1(CN)CCN(CC(=O)NCCc2ccc(OC(F)F)cc2)C1. The first-order chi connectivity index (χ1) is 11.4. The smallest absolute Gasteiger partial charge is 0.387 e. The summed E-state index contributed by atoms with van der Waals surface area (Å²) in [5, 5.41) is 2.89. The number of hydrogen-bond donors (Lipinski definition) is 2. The van der Waals surface area contributed by atoms with E-state index < -0.39 is 6.61 Å². The second kappa shape index (κ2) is 8.39. The first-order valence-corrected chi connectivity index (χ1v) is 8.13. The van der Waals surface area contributed by atoms with Crippen LogP contribution in [0.3, 0.4) is 0 Å². The summed E-state index contributed by atoms with van der Waals surface area (Å²) >= 11 is 0. The zero-order chi connectivity index (χ0) is 17.6. The number of nitrogens with zero attached hydrogens (tertiary/aromatic N) is 1. The van der Waals surface area contributed by atoms with Crippen LogP contribution in [0, 0.1) is 5.41 Å². The van der Waals surface area contributed by atoms with Crippen LogP contribution in [0.5, 0.6) is 5.75 Å². The topological polar surface area (TPSA) is 67.6 Å². The Balaban J connectivity index is 1.67. The Kier molecular flexibility index (Phi) is 6.51. The van der Waals surface area contributed by atoms with E-state index in [4.69, 9.17) is 5.73 Å². The maximum absolute atomic E-state index is 12.1. The minimum atomic E-state index is -2.82. The number of nitrogens with one attached hydrogen (secondary N) is 1. The molecule has 1 heterocycles. The van der Waals surface area contributed by atoms with Crippen molar-refractivity contribution in [3.63, 3.8) is 0 Å². The molecule has 2 rings (SSSR count). The third-order valence-corrected chi connectivity index (χ3v) is 4.38. The van der Waals surface area contributed by atoms with Crippen LogP contribution in [-0.4, -0.2) is 50.1 Å². The van der Waals surface area contributed by atoms with E-state index in [0.29, 0.717) is 26.1 Å². The van der Waals surface area contributed by atoms with Crippen molar-refractivity contribution in [3.8, 4) is 5.75 Å². The van der Waals surface area contributed by atoms with E-state index in [1.807, 2.05) is 0 Å². The lowest BCUT2D eigenvalue weighted by Crippen LogP contribution is -2.38. The van der Waals surface area contributed by atoms with Crippen LogP contribution in [-0.2, 0) is 11.2 Å². The van der Waals surface area contributed by atoms with E-state index in [9.17, 15) is 13.6 Å². The lowest BCUT2D eigenvalue weighted by Gasteiger charge is -2.22. The maximum Gasteiger partial charge on any atom is 0.387 e. The van der Waals surface area contributed by atoms with Gasteiger partial charge in [0.2, 0.25) is 5.91 Å². The van der Waals surface area contributed by atoms with E-state index >= 15 is 0 Å². The average molecular weight is 341 g/mol. The highest BCUT2D eigenvalue weighted by Crippen LogP contribution is 2.27. The summed E-state index contributed by atoms with van der Waals surface area (Å²) < 4.78 is 28.4. The molecule has 5 nitrogen and oxygen atoms in total. The molecule has 1 saturated heterocycles. The molecule has 3 N–H and O–H groups in total. The lowest BCUT2D eigenvalue weighted by molar-refractivity contribution is -0.122. The highest BCUT2D eigenvalue weighted by molar-refractivity contribution is 5.78. The molecule has 1 amide bonds. The fourth-order valence-electron chi connectivity index (χ4n) is 2.87. The lowest BCUT2D eigenvalue weighted by atomic mass is 9.90. The fraction of sp³-hybridized carbons (Fsp3) is 0.588. The second-order valence-corrected chi connectivity index (χ2v) is 6.60. The molecule has 1 fully saturated rings. The van der Waals surface area contributed by atoms with E-state index in [1.54, 1.807) is 12.1 Å². The van der Waals surface area contributed by atoms with E-state index in [1.165, 1.54) is 12.1 Å². The summed E-state index contributed by atoms with van der Waals surface area (Å²) in [4.78, 5) is 14.1. The van der Waals surface area contributed by atoms with Crippen LogP contribution in [0.2, 0.25) is 0 Å². The number of alkyl halides is 2. The first-order valence-electron chi connectivity index (χ1n) is 8.13. The molecule has 1 aliphatic rings. The first kappa shape index (κ1) is 18.6. The maximum atomic E-state index is 12.1. The van der Waals surface area contributed by atoms with Crippen molar-refractivity contribution in [2.45, 2.75) is 26.4 Å². The molecule has 1 aliphatic heterocycles. The highest BCUT2D eigenvalue weighted by atomic mass is 19.3. The molecular formula is C17H25F2N3O2. The van der Waals surface area contributed by atoms with Crippen LogP contribution >= 0.6 is 0 Å². The van der Waals surface area contributed by atoms with Crippen LogP contribution in [0.4, 0.5) is 8.78 Å². The van der Waals surface area contributed by atoms with Crippen molar-refractivity contribution in [2.24, 2.45) is 11.1 Å². The standard InChI is InChI=1S/C17H25F2N3O2/c1-17(11-20)7-9-22(12-17)10-15(23)21-8-6-13-2-4-14(5-3-13)24-16(18)19/h2-5,16H,6-12,20H2,1H3,(H,21,23). The Morgan fingerprint density at radius 1 is 1.42 bits per heavy atom. The van der Waals surface area contributed by atoms with Gasteiger partial charge in [-0.05, 0) is 49.0 Å². The third-order valence-electron chi connectivity index (χ3n) is 4.38. The Labute approximate surface area is 141 Å². The minimum absolute atomic E-state index is 0.00562. The van der Waals surface area contributed by atoms with Gasteiger partial charge in [0.25, 0.3) is 0 Å². The van der Waals surface area contributed by atoms with E-state index in [2.05, 4.69) is 21.9 Å². The summed E-state index contributed by atoms with van der Waals surface area (Å²) in [6.45, 7) is 2.60. The monoisotopic (exact) mass is 341 g/mol. The number of benzene rings is 1. The molecule has 0 spiro atoms. The Morgan fingerprint density at radius 2 is 2.12 bits per heavy atom. The molecule has 0 radical (unpaired) electrons. The molecule has 0 saturated carbocycles. The number of carbonyl (C=O) groups excluding carboxylic acids is 1. The van der Waals surface area contributed by atoms with Gasteiger partial charge < -0.3 is 15.8 Å². The van der Waals surface area contributed by atoms with Crippen LogP contribution in [0.15, 0.2) is 24.3 Å². The van der Waals surface area contributed by atoms with Crippen LogP contribution < -0.4 is 15.8 Å². The zero-order valence-electron chi connectivity index (χ0n) is 13.9. The number of carbonyl (C=O) groups is 1. The summed E-state index contributed by atoms with van der Waals surface area (Å²) in [6, 6.07) is 6.44. The van der Waals surface area contributed by atoms with Gasteiger partial charge in [-0.25, -0.2) is 0 Å². The molecule has 24 heavy (non-hydrogen) atoms. The average Bonchev–Trinajstić information content (AvgIpc) is 2.90. The van der Waals surface area contributed by atoms with Crippen LogP contribution in [0.1, 0.15) is 18.9 Å². The van der Waals surface area contributed by atoms with E-state index in [0.717, 1.165) is 25.1 Å². The van der Waals surface area contributed by atoms with Gasteiger partial charge in [-0.3, -0.25) is 9.69 Å². The highest BCUT2D eigenvalue weighted by Gasteiger charge is 2.32. The van der Waals surface area contributed by atoms with Gasteiger partial charge in [0.1, 0.15) is 5.75 Å². The number of ether oxygens (including phenoxy) is 1. The fourth-order valence-corrected chi connectivity index (χ4v) is 2.87. The van der Waals surface area contributed by atoms with Gasteiger partial charge >= 0.3 is 6.61 Å². The van der Waals surface area contributed by atoms with Crippen molar-refractivity contribution in [1.29, 1.82) is 0 Å². The van der Waals surface area contributed by atoms with Gasteiger partial charge in [0.15, 0.2) is 0 Å². The van der Waals surface area contributed by atoms with Gasteiger partial charge in [-0.15, -0.1) is 0 Å². The zero-order valence-corrected chi connectivity index (χ0v) is 13.9. The summed E-state index contributed by atoms with van der Waals surface area (Å²) in [5.74, 6) is 0.128. The predicted molar refractivity (Wildman–Crippen MR) is 88.0 cm³/mol. The van der Waals surface area contributed by atoms with Crippen molar-refractivity contribution in [1.82, 2.24) is 10.2 Å². The molecule has 0 bridgehead atoms. The molecule has 1 atom stereocenters. The quantitative estimate of drug-likeness (QED) is 0.754. The molecule has 1 unspecified atom stereocenters. The number of nitrogens with two attached hydrogens (primary N) is 1. The molecule has 134 valence electrons. The summed E-state index contributed by atoms with van der Waals surface area (Å²) in [6.07, 6.45) is 1.66. The number of amides is 1. The molecule has 1 aromatic rings. The van der Waals surface area contributed by atoms with Crippen molar-refractivity contribution in [2.75, 3.05) is 32.7 Å². The molecule has 0 aromatic heterocycles. The van der Waals surface area contributed by atoms with Gasteiger partial charge in [0, 0.05) is 13.1 Å². The molecule has 0 aliphatic carbocycles. The van der Waals surface area contributed by atoms with Crippen molar-refractivity contribution in [3.05, 3.63) is 29.8 Å². The normalized spacial score (nSPS) is 21.2. The van der Waals surface area contributed by atoms with Gasteiger partial charge in [-0.1, -0.05) is 19.1 Å².